The molecular weight excluding hydrogens is 350 g/mol. The number of nitrogens with zero attached hydrogens (tertiary/aromatic N) is 1. The Balaban J connectivity index is 1.59. The molecule has 0 aliphatic carbocycles. The Bertz CT molecular complexity index is 891. The van der Waals surface area contributed by atoms with Gasteiger partial charge in [0.25, 0.3) is 0 Å². The molecule has 2 heterocycles. The summed E-state index contributed by atoms with van der Waals surface area (Å²) in [4.78, 5) is 4.23. The fraction of sp³-hybridized carbons (Fsp3) is 0.261. The van der Waals surface area contributed by atoms with E-state index in [1.807, 2.05) is 36.5 Å². The van der Waals surface area contributed by atoms with Gasteiger partial charge in [-0.05, 0) is 67.4 Å². The molecule has 5 nitrogen and oxygen atoms in total. The zero-order chi connectivity index (χ0) is 19.2. The van der Waals surface area contributed by atoms with Gasteiger partial charge in [0.1, 0.15) is 11.5 Å². The molecule has 2 N–H and O–H groups in total. The Morgan fingerprint density at radius 3 is 2.64 bits per heavy atom. The Morgan fingerprint density at radius 2 is 1.93 bits per heavy atom. The first-order valence-corrected chi connectivity index (χ1v) is 9.65. The third-order valence-corrected chi connectivity index (χ3v) is 4.97. The minimum Gasteiger partial charge on any atom is -0.497 e. The first-order valence-electron chi connectivity index (χ1n) is 9.65. The van der Waals surface area contributed by atoms with E-state index in [9.17, 15) is 0 Å². The normalized spacial score (nSPS) is 16.0. The van der Waals surface area contributed by atoms with E-state index in [0.29, 0.717) is 6.04 Å². The Kier molecular flexibility index (Phi) is 5.73. The Labute approximate surface area is 165 Å². The quantitative estimate of drug-likeness (QED) is 0.626. The maximum Gasteiger partial charge on any atom is 0.151 e. The number of aromatic nitrogens is 1. The largest absolute Gasteiger partial charge is 0.497 e. The van der Waals surface area contributed by atoms with Gasteiger partial charge in [0, 0.05) is 30.5 Å². The van der Waals surface area contributed by atoms with Gasteiger partial charge in [-0.25, -0.2) is 0 Å². The fourth-order valence-corrected chi connectivity index (χ4v) is 3.40. The lowest BCUT2D eigenvalue weighted by Gasteiger charge is -2.17. The zero-order valence-corrected chi connectivity index (χ0v) is 16.0. The third kappa shape index (κ3) is 4.43. The van der Waals surface area contributed by atoms with Crippen molar-refractivity contribution in [3.05, 3.63) is 67.0 Å². The zero-order valence-electron chi connectivity index (χ0n) is 16.0. The van der Waals surface area contributed by atoms with Crippen LogP contribution < -0.4 is 20.1 Å². The van der Waals surface area contributed by atoms with Gasteiger partial charge < -0.3 is 20.1 Å². The van der Waals surface area contributed by atoms with Gasteiger partial charge in [-0.1, -0.05) is 12.1 Å². The number of hydrogen-bond acceptors (Lipinski definition) is 5. The second kappa shape index (κ2) is 8.76. The van der Waals surface area contributed by atoms with Crippen molar-refractivity contribution in [2.24, 2.45) is 0 Å². The molecular formula is C23H25N3O2. The summed E-state index contributed by atoms with van der Waals surface area (Å²) in [6.45, 7) is 1.98. The molecule has 5 heteroatoms. The molecule has 1 saturated heterocycles. The number of anilines is 1. The summed E-state index contributed by atoms with van der Waals surface area (Å²) in [6.07, 6.45) is 6.09. The van der Waals surface area contributed by atoms with E-state index >= 15 is 0 Å². The Hall–Kier alpha value is -3.05. The van der Waals surface area contributed by atoms with Gasteiger partial charge in [-0.15, -0.1) is 0 Å². The molecule has 0 bridgehead atoms. The molecule has 4 rings (SSSR count). The molecule has 0 amide bonds. The summed E-state index contributed by atoms with van der Waals surface area (Å²) in [7, 11) is 1.66. The molecule has 1 aliphatic rings. The van der Waals surface area contributed by atoms with Crippen LogP contribution in [0, 0.1) is 0 Å². The van der Waals surface area contributed by atoms with Crippen LogP contribution in [-0.4, -0.2) is 31.2 Å². The molecule has 1 atom stereocenters. The number of hydrogen-bond donors (Lipinski definition) is 2. The lowest BCUT2D eigenvalue weighted by molar-refractivity contribution is 0.413. The van der Waals surface area contributed by atoms with E-state index in [1.165, 1.54) is 12.8 Å². The van der Waals surface area contributed by atoms with Crippen molar-refractivity contribution in [3.8, 4) is 28.4 Å². The average molecular weight is 375 g/mol. The van der Waals surface area contributed by atoms with Crippen molar-refractivity contribution in [3.63, 3.8) is 0 Å². The highest BCUT2D eigenvalue weighted by Crippen LogP contribution is 2.34. The van der Waals surface area contributed by atoms with Gasteiger partial charge in [0.2, 0.25) is 0 Å². The molecule has 0 radical (unpaired) electrons. The monoisotopic (exact) mass is 375 g/mol. The first-order chi connectivity index (χ1) is 13.8. The summed E-state index contributed by atoms with van der Waals surface area (Å²) in [5.41, 5.74) is 3.12. The number of pyridine rings is 1. The van der Waals surface area contributed by atoms with Crippen molar-refractivity contribution in [2.75, 3.05) is 25.5 Å². The van der Waals surface area contributed by atoms with Crippen LogP contribution in [0.2, 0.25) is 0 Å². The SMILES string of the molecule is COc1ccc(Oc2cc(-c3cccnc3)ccc2NC[C@@H]2CCCN2)cc1. The van der Waals surface area contributed by atoms with Crippen LogP contribution in [0.1, 0.15) is 12.8 Å². The van der Waals surface area contributed by atoms with Crippen LogP contribution in [0.15, 0.2) is 67.0 Å². The highest BCUT2D eigenvalue weighted by molar-refractivity contribution is 5.71. The molecule has 144 valence electrons. The van der Waals surface area contributed by atoms with Crippen LogP contribution in [-0.2, 0) is 0 Å². The van der Waals surface area contributed by atoms with Gasteiger partial charge >= 0.3 is 0 Å². The van der Waals surface area contributed by atoms with Crippen molar-refractivity contribution in [2.45, 2.75) is 18.9 Å². The van der Waals surface area contributed by atoms with Crippen LogP contribution in [0.5, 0.6) is 17.2 Å². The fourth-order valence-electron chi connectivity index (χ4n) is 3.40. The second-order valence-corrected chi connectivity index (χ2v) is 6.90. The van der Waals surface area contributed by atoms with Gasteiger partial charge in [0.15, 0.2) is 5.75 Å². The number of nitrogens with one attached hydrogen (secondary N) is 2. The van der Waals surface area contributed by atoms with E-state index in [-0.39, 0.29) is 0 Å². The molecule has 0 saturated carbocycles. The molecule has 1 fully saturated rings. The van der Waals surface area contributed by atoms with Crippen LogP contribution in [0.4, 0.5) is 5.69 Å². The predicted molar refractivity (Wildman–Crippen MR) is 112 cm³/mol. The number of ether oxygens (including phenoxy) is 2. The molecule has 0 unspecified atom stereocenters. The molecule has 1 aliphatic heterocycles. The van der Waals surface area contributed by atoms with Gasteiger partial charge in [-0.2, -0.15) is 0 Å². The molecule has 2 aromatic carbocycles. The van der Waals surface area contributed by atoms with Crippen LogP contribution in [0.25, 0.3) is 11.1 Å². The van der Waals surface area contributed by atoms with Crippen LogP contribution in [0.3, 0.4) is 0 Å². The smallest absolute Gasteiger partial charge is 0.151 e. The highest BCUT2D eigenvalue weighted by atomic mass is 16.5. The number of rotatable bonds is 7. The van der Waals surface area contributed by atoms with E-state index in [0.717, 1.165) is 47.2 Å². The average Bonchev–Trinajstić information content (AvgIpc) is 3.28. The van der Waals surface area contributed by atoms with Crippen LogP contribution >= 0.6 is 0 Å². The van der Waals surface area contributed by atoms with Crippen molar-refractivity contribution < 1.29 is 9.47 Å². The van der Waals surface area contributed by atoms with Gasteiger partial charge in [-0.3, -0.25) is 4.98 Å². The molecule has 1 aromatic heterocycles. The summed E-state index contributed by atoms with van der Waals surface area (Å²) >= 11 is 0. The maximum absolute atomic E-state index is 6.23. The van der Waals surface area contributed by atoms with E-state index in [2.05, 4.69) is 39.9 Å². The second-order valence-electron chi connectivity index (χ2n) is 6.90. The van der Waals surface area contributed by atoms with E-state index in [1.54, 1.807) is 13.3 Å². The summed E-state index contributed by atoms with van der Waals surface area (Å²) < 4.78 is 11.5. The lowest BCUT2D eigenvalue weighted by Crippen LogP contribution is -2.29. The maximum atomic E-state index is 6.23. The van der Waals surface area contributed by atoms with E-state index < -0.39 is 0 Å². The van der Waals surface area contributed by atoms with Gasteiger partial charge in [0.05, 0.1) is 12.8 Å². The minimum atomic E-state index is 0.506. The summed E-state index contributed by atoms with van der Waals surface area (Å²) in [6, 6.07) is 18.4. The minimum absolute atomic E-state index is 0.506. The first kappa shape index (κ1) is 18.3. The number of benzene rings is 2. The topological polar surface area (TPSA) is 55.4 Å². The highest BCUT2D eigenvalue weighted by Gasteiger charge is 2.15. The molecule has 3 aromatic rings. The summed E-state index contributed by atoms with van der Waals surface area (Å²) in [5, 5.41) is 7.07. The lowest BCUT2D eigenvalue weighted by atomic mass is 10.1. The standard InChI is InChI=1S/C23H25N3O2/c1-27-20-7-9-21(10-8-20)28-23-14-17(18-4-2-12-24-15-18)6-11-22(23)26-16-19-5-3-13-25-19/h2,4,6-12,14-15,19,25-26H,3,5,13,16H2,1H3/t19-/m0/s1. The summed E-state index contributed by atoms with van der Waals surface area (Å²) in [5.74, 6) is 2.37. The third-order valence-electron chi connectivity index (χ3n) is 4.97. The van der Waals surface area contributed by atoms with Crippen molar-refractivity contribution >= 4 is 5.69 Å². The van der Waals surface area contributed by atoms with Crippen molar-refractivity contribution in [1.82, 2.24) is 10.3 Å². The predicted octanol–water partition coefficient (Wildman–Crippen LogP) is 4.71. The Morgan fingerprint density at radius 1 is 1.07 bits per heavy atom. The molecule has 0 spiro atoms. The number of methoxy groups -OCH3 is 1. The molecule has 28 heavy (non-hydrogen) atoms. The van der Waals surface area contributed by atoms with Crippen molar-refractivity contribution in [1.29, 1.82) is 0 Å². The van der Waals surface area contributed by atoms with E-state index in [4.69, 9.17) is 9.47 Å².